The van der Waals surface area contributed by atoms with Gasteiger partial charge in [0, 0.05) is 18.7 Å². The number of Topliss-reactive ketones (excluding diaryl/α,β-unsaturated/α-hetero) is 1. The van der Waals surface area contributed by atoms with E-state index in [2.05, 4.69) is 0 Å². The Hall–Kier alpha value is -3.50. The molecule has 1 amide bonds. The number of nitro groups is 1. The Kier molecular flexibility index (Phi) is 6.05. The fourth-order valence-electron chi connectivity index (χ4n) is 3.11. The molecular weight excluding hydrogens is 384 g/mol. The van der Waals surface area contributed by atoms with E-state index in [0.717, 1.165) is 0 Å². The molecule has 0 spiro atoms. The summed E-state index contributed by atoms with van der Waals surface area (Å²) in [4.78, 5) is 37.1. The lowest BCUT2D eigenvalue weighted by Gasteiger charge is -2.26. The van der Waals surface area contributed by atoms with Crippen LogP contribution in [-0.4, -0.2) is 58.1 Å². The number of aliphatic hydroxyl groups is 2. The Labute approximate surface area is 164 Å². The van der Waals surface area contributed by atoms with Gasteiger partial charge in [0.15, 0.2) is 11.5 Å². The minimum absolute atomic E-state index is 0.0273. The topological polar surface area (TPSA) is 143 Å². The van der Waals surface area contributed by atoms with E-state index in [4.69, 9.17) is 14.3 Å². The molecule has 0 radical (unpaired) electrons. The van der Waals surface area contributed by atoms with Gasteiger partial charge in [0.25, 0.3) is 11.6 Å². The number of hydrogen-bond donors (Lipinski definition) is 2. The van der Waals surface area contributed by atoms with E-state index in [1.165, 1.54) is 47.6 Å². The molecule has 0 fully saturated rings. The monoisotopic (exact) mass is 402 g/mol. The number of non-ortho nitro benzene ring substituents is 1. The third kappa shape index (κ3) is 4.03. The maximum Gasteiger partial charge on any atom is 0.290 e. The van der Waals surface area contributed by atoms with Gasteiger partial charge in [-0.05, 0) is 29.8 Å². The number of furan rings is 1. The van der Waals surface area contributed by atoms with E-state index < -0.39 is 28.4 Å². The highest BCUT2D eigenvalue weighted by molar-refractivity contribution is 6.15. The summed E-state index contributed by atoms with van der Waals surface area (Å²) in [5, 5.41) is 30.1. The average molecular weight is 402 g/mol. The molecule has 0 saturated carbocycles. The number of aliphatic hydroxyl groups excluding tert-OH is 2. The number of nitrogens with zero attached hydrogens (tertiary/aromatic N) is 2. The van der Waals surface area contributed by atoms with Crippen LogP contribution in [0.4, 0.5) is 5.69 Å². The predicted molar refractivity (Wildman–Crippen MR) is 98.1 cm³/mol. The van der Waals surface area contributed by atoms with Crippen molar-refractivity contribution in [2.45, 2.75) is 6.04 Å². The first-order valence-electron chi connectivity index (χ1n) is 8.71. The van der Waals surface area contributed by atoms with E-state index in [0.29, 0.717) is 5.56 Å². The zero-order valence-electron chi connectivity index (χ0n) is 15.2. The molecule has 0 saturated heterocycles. The second-order valence-corrected chi connectivity index (χ2v) is 6.15. The molecule has 1 aromatic carbocycles. The van der Waals surface area contributed by atoms with Crippen LogP contribution in [0.25, 0.3) is 0 Å². The molecular formula is C19H18N2O8. The third-order valence-corrected chi connectivity index (χ3v) is 4.43. The predicted octanol–water partition coefficient (Wildman–Crippen LogP) is 1.78. The lowest BCUT2D eigenvalue weighted by Crippen LogP contribution is -2.34. The maximum atomic E-state index is 12.9. The van der Waals surface area contributed by atoms with E-state index >= 15 is 0 Å². The van der Waals surface area contributed by atoms with Crippen LogP contribution in [0.3, 0.4) is 0 Å². The van der Waals surface area contributed by atoms with Gasteiger partial charge in [0.1, 0.15) is 0 Å². The minimum atomic E-state index is -0.973. The van der Waals surface area contributed by atoms with Crippen molar-refractivity contribution < 1.29 is 33.9 Å². The number of benzene rings is 1. The summed E-state index contributed by atoms with van der Waals surface area (Å²) in [6, 6.07) is 7.29. The average Bonchev–Trinajstić information content (AvgIpc) is 3.33. The lowest BCUT2D eigenvalue weighted by molar-refractivity contribution is -0.384. The first-order chi connectivity index (χ1) is 14.0. The van der Waals surface area contributed by atoms with E-state index in [9.17, 15) is 24.8 Å². The van der Waals surface area contributed by atoms with E-state index in [1.54, 1.807) is 0 Å². The summed E-state index contributed by atoms with van der Waals surface area (Å²) >= 11 is 0. The summed E-state index contributed by atoms with van der Waals surface area (Å²) in [7, 11) is 0. The van der Waals surface area contributed by atoms with Crippen molar-refractivity contribution in [3.05, 3.63) is 75.4 Å². The Morgan fingerprint density at radius 1 is 1.24 bits per heavy atom. The number of nitro benzene ring substituents is 1. The van der Waals surface area contributed by atoms with E-state index in [-0.39, 0.29) is 43.4 Å². The molecule has 2 N–H and O–H groups in total. The fourth-order valence-corrected chi connectivity index (χ4v) is 3.11. The van der Waals surface area contributed by atoms with Crippen molar-refractivity contribution in [3.8, 4) is 0 Å². The Morgan fingerprint density at radius 3 is 2.55 bits per heavy atom. The van der Waals surface area contributed by atoms with Gasteiger partial charge in [-0.3, -0.25) is 19.7 Å². The van der Waals surface area contributed by atoms with Gasteiger partial charge in [0.2, 0.25) is 5.78 Å². The standard InChI is InChI=1S/C19H18N2O8/c22-8-11-28-10-7-20-16(12-3-5-13(6-4-12)21(26)27)15(18(24)19(20)25)17(23)14-2-1-9-29-14/h1-6,9,16,22,24H,7-8,10-11H2/t16-/m1/s1. The third-order valence-electron chi connectivity index (χ3n) is 4.43. The lowest BCUT2D eigenvalue weighted by atomic mass is 9.95. The first kappa shape index (κ1) is 20.2. The molecule has 3 rings (SSSR count). The first-order valence-corrected chi connectivity index (χ1v) is 8.71. The molecule has 152 valence electrons. The fraction of sp³-hybridized carbons (Fsp3) is 0.263. The van der Waals surface area contributed by atoms with Crippen LogP contribution in [-0.2, 0) is 9.53 Å². The molecule has 1 aromatic heterocycles. The van der Waals surface area contributed by atoms with Gasteiger partial charge in [-0.15, -0.1) is 0 Å². The molecule has 0 aliphatic carbocycles. The largest absolute Gasteiger partial charge is 0.503 e. The number of ketones is 1. The van der Waals surface area contributed by atoms with Crippen molar-refractivity contribution >= 4 is 17.4 Å². The van der Waals surface area contributed by atoms with Crippen LogP contribution in [0.5, 0.6) is 0 Å². The number of rotatable bonds is 9. The van der Waals surface area contributed by atoms with Crippen LogP contribution in [0.2, 0.25) is 0 Å². The minimum Gasteiger partial charge on any atom is -0.503 e. The van der Waals surface area contributed by atoms with Gasteiger partial charge in [0.05, 0.1) is 42.6 Å². The summed E-state index contributed by atoms with van der Waals surface area (Å²) in [5.74, 6) is -2.19. The number of carbonyl (C=O) groups excluding carboxylic acids is 2. The number of ether oxygens (including phenoxy) is 1. The van der Waals surface area contributed by atoms with Gasteiger partial charge in [-0.2, -0.15) is 0 Å². The maximum absolute atomic E-state index is 12.9. The van der Waals surface area contributed by atoms with Crippen molar-refractivity contribution in [2.75, 3.05) is 26.4 Å². The Bertz CT molecular complexity index is 934. The van der Waals surface area contributed by atoms with Crippen LogP contribution in [0, 0.1) is 10.1 Å². The summed E-state index contributed by atoms with van der Waals surface area (Å²) in [6.45, 7) is -0.0297. The van der Waals surface area contributed by atoms with Gasteiger partial charge < -0.3 is 24.3 Å². The number of carbonyl (C=O) groups is 2. The SMILES string of the molecule is O=C(C1=C(O)C(=O)N(CCOCCO)[C@@H]1c1ccc([N+](=O)[O-])cc1)c1ccco1. The van der Waals surface area contributed by atoms with Crippen molar-refractivity contribution in [1.29, 1.82) is 0 Å². The molecule has 2 heterocycles. The zero-order valence-corrected chi connectivity index (χ0v) is 15.2. The van der Waals surface area contributed by atoms with Gasteiger partial charge in [-0.1, -0.05) is 0 Å². The molecule has 10 heteroatoms. The molecule has 10 nitrogen and oxygen atoms in total. The van der Waals surface area contributed by atoms with Crippen LogP contribution < -0.4 is 0 Å². The summed E-state index contributed by atoms with van der Waals surface area (Å²) < 4.78 is 10.3. The number of hydrogen-bond acceptors (Lipinski definition) is 8. The van der Waals surface area contributed by atoms with Crippen LogP contribution in [0.15, 0.2) is 58.4 Å². The molecule has 1 aliphatic rings. The van der Waals surface area contributed by atoms with Crippen LogP contribution >= 0.6 is 0 Å². The summed E-state index contributed by atoms with van der Waals surface area (Å²) in [6.07, 6.45) is 1.29. The molecule has 1 atom stereocenters. The highest BCUT2D eigenvalue weighted by atomic mass is 16.6. The Morgan fingerprint density at radius 2 is 1.97 bits per heavy atom. The normalized spacial score (nSPS) is 16.5. The van der Waals surface area contributed by atoms with Gasteiger partial charge >= 0.3 is 0 Å². The zero-order chi connectivity index (χ0) is 21.0. The summed E-state index contributed by atoms with van der Waals surface area (Å²) in [5.41, 5.74) is 0.0778. The Balaban J connectivity index is 1.98. The second kappa shape index (κ2) is 8.67. The highest BCUT2D eigenvalue weighted by Gasteiger charge is 2.44. The highest BCUT2D eigenvalue weighted by Crippen LogP contribution is 2.39. The smallest absolute Gasteiger partial charge is 0.290 e. The van der Waals surface area contributed by atoms with E-state index in [1.807, 2.05) is 0 Å². The molecule has 0 unspecified atom stereocenters. The van der Waals surface area contributed by atoms with Gasteiger partial charge in [-0.25, -0.2) is 0 Å². The molecule has 0 bridgehead atoms. The van der Waals surface area contributed by atoms with Crippen molar-refractivity contribution in [2.24, 2.45) is 0 Å². The molecule has 29 heavy (non-hydrogen) atoms. The van der Waals surface area contributed by atoms with Crippen LogP contribution in [0.1, 0.15) is 22.2 Å². The van der Waals surface area contributed by atoms with Crippen molar-refractivity contribution in [1.82, 2.24) is 4.90 Å². The quantitative estimate of drug-likeness (QED) is 0.280. The number of amides is 1. The molecule has 2 aromatic rings. The molecule has 1 aliphatic heterocycles. The van der Waals surface area contributed by atoms with Crippen molar-refractivity contribution in [3.63, 3.8) is 0 Å². The second-order valence-electron chi connectivity index (χ2n) is 6.15.